The fraction of sp³-hybridized carbons (Fsp3) is 0.833. The molecule has 2 fully saturated rings. The van der Waals surface area contributed by atoms with Crippen molar-refractivity contribution in [2.45, 2.75) is 31.7 Å². The first-order chi connectivity index (χ1) is 7.40. The molecule has 15 heavy (non-hydrogen) atoms. The van der Waals surface area contributed by atoms with E-state index in [0.29, 0.717) is 0 Å². The number of piperidine rings is 1. The van der Waals surface area contributed by atoms with Crippen molar-refractivity contribution in [3.05, 3.63) is 11.6 Å². The Morgan fingerprint density at radius 2 is 1.93 bits per heavy atom. The van der Waals surface area contributed by atoms with E-state index in [1.165, 1.54) is 45.3 Å². The van der Waals surface area contributed by atoms with Gasteiger partial charge in [-0.25, -0.2) is 0 Å². The maximum atomic E-state index is 5.60. The molecular formula is C12H21ClN2. The third-order valence-corrected chi connectivity index (χ3v) is 3.62. The summed E-state index contributed by atoms with van der Waals surface area (Å²) in [6.45, 7) is 4.72. The highest BCUT2D eigenvalue weighted by Crippen LogP contribution is 2.28. The molecule has 0 unspecified atom stereocenters. The van der Waals surface area contributed by atoms with Crippen LogP contribution >= 0.6 is 11.6 Å². The van der Waals surface area contributed by atoms with Crippen molar-refractivity contribution < 1.29 is 0 Å². The zero-order valence-electron chi connectivity index (χ0n) is 9.29. The fourth-order valence-electron chi connectivity index (χ4n) is 2.38. The van der Waals surface area contributed by atoms with Crippen LogP contribution in [-0.4, -0.2) is 37.1 Å². The Kier molecular flexibility index (Phi) is 4.48. The van der Waals surface area contributed by atoms with E-state index in [-0.39, 0.29) is 0 Å². The maximum absolute atomic E-state index is 5.60. The number of hydrogen-bond acceptors (Lipinski definition) is 2. The van der Waals surface area contributed by atoms with Crippen molar-refractivity contribution in [1.29, 1.82) is 0 Å². The maximum Gasteiger partial charge on any atom is 0.0177 e. The van der Waals surface area contributed by atoms with Gasteiger partial charge >= 0.3 is 0 Å². The smallest absolute Gasteiger partial charge is 0.0177 e. The summed E-state index contributed by atoms with van der Waals surface area (Å²) in [5.41, 5.74) is 1.65. The first kappa shape index (κ1) is 11.4. The molecule has 0 aromatic carbocycles. The summed E-state index contributed by atoms with van der Waals surface area (Å²) in [6, 6.07) is 0.854. The Balaban J connectivity index is 1.76. The predicted molar refractivity (Wildman–Crippen MR) is 65.2 cm³/mol. The van der Waals surface area contributed by atoms with Crippen molar-refractivity contribution in [3.63, 3.8) is 0 Å². The molecule has 1 aliphatic carbocycles. The van der Waals surface area contributed by atoms with E-state index in [1.807, 2.05) is 0 Å². The molecular weight excluding hydrogens is 208 g/mol. The lowest BCUT2D eigenvalue weighted by Crippen LogP contribution is -2.37. The minimum atomic E-state index is 0.854. The van der Waals surface area contributed by atoms with Crippen LogP contribution in [0.1, 0.15) is 25.7 Å². The topological polar surface area (TPSA) is 15.3 Å². The van der Waals surface area contributed by atoms with Gasteiger partial charge in [-0.05, 0) is 44.7 Å². The molecule has 0 radical (unpaired) electrons. The second kappa shape index (κ2) is 5.88. The summed E-state index contributed by atoms with van der Waals surface area (Å²) in [5, 5.41) is 3.42. The summed E-state index contributed by atoms with van der Waals surface area (Å²) in [7, 11) is 0. The molecule has 86 valence electrons. The van der Waals surface area contributed by atoms with Crippen molar-refractivity contribution in [2.75, 3.05) is 26.2 Å². The van der Waals surface area contributed by atoms with E-state index in [9.17, 15) is 0 Å². The first-order valence-electron chi connectivity index (χ1n) is 6.10. The van der Waals surface area contributed by atoms with E-state index < -0.39 is 0 Å². The van der Waals surface area contributed by atoms with Crippen LogP contribution in [-0.2, 0) is 0 Å². The quantitative estimate of drug-likeness (QED) is 0.776. The summed E-state index contributed by atoms with van der Waals surface area (Å²) in [4.78, 5) is 2.61. The molecule has 1 aliphatic heterocycles. The van der Waals surface area contributed by atoms with E-state index >= 15 is 0 Å². The van der Waals surface area contributed by atoms with Gasteiger partial charge in [0.15, 0.2) is 0 Å². The van der Waals surface area contributed by atoms with Crippen molar-refractivity contribution >= 4 is 11.6 Å². The largest absolute Gasteiger partial charge is 0.317 e. The van der Waals surface area contributed by atoms with Crippen LogP contribution < -0.4 is 5.32 Å². The Morgan fingerprint density at radius 3 is 2.53 bits per heavy atom. The van der Waals surface area contributed by atoms with Crippen molar-refractivity contribution in [1.82, 2.24) is 10.2 Å². The Bertz CT molecular complexity index is 208. The lowest BCUT2D eigenvalue weighted by atomic mass is 9.97. The molecule has 0 aromatic rings. The van der Waals surface area contributed by atoms with Gasteiger partial charge in [-0.1, -0.05) is 17.7 Å². The highest BCUT2D eigenvalue weighted by atomic mass is 35.5. The third-order valence-electron chi connectivity index (χ3n) is 3.44. The summed E-state index contributed by atoms with van der Waals surface area (Å²) in [5.74, 6) is 0.899. The summed E-state index contributed by atoms with van der Waals surface area (Å²) >= 11 is 5.60. The number of rotatable bonds is 5. The summed E-state index contributed by atoms with van der Waals surface area (Å²) in [6.07, 6.45) is 7.53. The molecule has 0 bridgehead atoms. The lowest BCUT2D eigenvalue weighted by molar-refractivity contribution is 0.214. The van der Waals surface area contributed by atoms with Crippen LogP contribution in [0.4, 0.5) is 0 Å². The number of hydrogen-bond donors (Lipinski definition) is 1. The average Bonchev–Trinajstić information content (AvgIpc) is 3.09. The van der Waals surface area contributed by atoms with Crippen molar-refractivity contribution in [3.8, 4) is 0 Å². The number of nitrogens with one attached hydrogen (secondary N) is 1. The molecule has 1 saturated carbocycles. The molecule has 0 atom stereocenters. The Labute approximate surface area is 97.7 Å². The zero-order valence-corrected chi connectivity index (χ0v) is 10.0. The molecule has 1 N–H and O–H groups in total. The van der Waals surface area contributed by atoms with Crippen LogP contribution in [0.5, 0.6) is 0 Å². The molecule has 2 rings (SSSR count). The molecule has 0 spiro atoms. The minimum Gasteiger partial charge on any atom is -0.317 e. The average molecular weight is 229 g/mol. The van der Waals surface area contributed by atoms with Gasteiger partial charge in [0, 0.05) is 24.7 Å². The first-order valence-corrected chi connectivity index (χ1v) is 6.54. The fourth-order valence-corrected chi connectivity index (χ4v) is 2.46. The highest BCUT2D eigenvalue weighted by Gasteiger charge is 2.29. The normalized spacial score (nSPS) is 24.1. The van der Waals surface area contributed by atoms with Gasteiger partial charge in [0.2, 0.25) is 0 Å². The molecule has 2 nitrogen and oxygen atoms in total. The number of halogens is 1. The van der Waals surface area contributed by atoms with Crippen LogP contribution in [0.15, 0.2) is 11.6 Å². The minimum absolute atomic E-state index is 0.854. The summed E-state index contributed by atoms with van der Waals surface area (Å²) < 4.78 is 0. The molecule has 3 heteroatoms. The van der Waals surface area contributed by atoms with Gasteiger partial charge in [-0.3, -0.25) is 4.90 Å². The van der Waals surface area contributed by atoms with Gasteiger partial charge in [0.05, 0.1) is 0 Å². The van der Waals surface area contributed by atoms with Gasteiger partial charge < -0.3 is 5.32 Å². The van der Waals surface area contributed by atoms with Gasteiger partial charge in [-0.15, -0.1) is 0 Å². The molecule has 0 amide bonds. The van der Waals surface area contributed by atoms with E-state index in [2.05, 4.69) is 16.3 Å². The second-order valence-electron chi connectivity index (χ2n) is 4.74. The third kappa shape index (κ3) is 3.78. The monoisotopic (exact) mass is 228 g/mol. The predicted octanol–water partition coefficient (Wildman–Crippen LogP) is 2.20. The Morgan fingerprint density at radius 1 is 1.20 bits per heavy atom. The highest BCUT2D eigenvalue weighted by molar-refractivity contribution is 6.25. The number of nitrogens with zero attached hydrogens (tertiary/aromatic N) is 1. The molecule has 1 heterocycles. The SMILES string of the molecule is ClC=CCN(CC1CCNCC1)C1CC1. The van der Waals surface area contributed by atoms with Crippen LogP contribution in [0, 0.1) is 5.92 Å². The van der Waals surface area contributed by atoms with E-state index in [1.54, 1.807) is 5.54 Å². The van der Waals surface area contributed by atoms with E-state index in [0.717, 1.165) is 18.5 Å². The van der Waals surface area contributed by atoms with Crippen molar-refractivity contribution in [2.24, 2.45) is 5.92 Å². The van der Waals surface area contributed by atoms with Crippen LogP contribution in [0.3, 0.4) is 0 Å². The van der Waals surface area contributed by atoms with Gasteiger partial charge in [0.1, 0.15) is 0 Å². The molecule has 0 aromatic heterocycles. The standard InChI is InChI=1S/C12H21ClN2/c13-6-1-9-15(12-2-3-12)10-11-4-7-14-8-5-11/h1,6,11-12,14H,2-5,7-10H2. The molecule has 2 aliphatic rings. The van der Waals surface area contributed by atoms with Crippen LogP contribution in [0.25, 0.3) is 0 Å². The Hall–Kier alpha value is -0.0500. The van der Waals surface area contributed by atoms with Gasteiger partial charge in [0.25, 0.3) is 0 Å². The van der Waals surface area contributed by atoms with E-state index in [4.69, 9.17) is 11.6 Å². The lowest BCUT2D eigenvalue weighted by Gasteiger charge is -2.29. The molecule has 1 saturated heterocycles. The zero-order chi connectivity index (χ0) is 10.5. The second-order valence-corrected chi connectivity index (χ2v) is 4.99. The van der Waals surface area contributed by atoms with Crippen LogP contribution in [0.2, 0.25) is 0 Å². The van der Waals surface area contributed by atoms with Gasteiger partial charge in [-0.2, -0.15) is 0 Å².